The predicted molar refractivity (Wildman–Crippen MR) is 115 cm³/mol. The lowest BCUT2D eigenvalue weighted by Crippen LogP contribution is -2.46. The van der Waals surface area contributed by atoms with Gasteiger partial charge in [-0.2, -0.15) is 5.26 Å². The molecule has 3 aromatic rings. The second kappa shape index (κ2) is 8.89. The molecule has 4 rings (SSSR count). The number of amides is 1. The summed E-state index contributed by atoms with van der Waals surface area (Å²) in [6, 6.07) is 7.25. The summed E-state index contributed by atoms with van der Waals surface area (Å²) >= 11 is 0. The number of anilines is 1. The SMILES string of the molecule is CNC(=O)c1ccc(N2CCN(Cc3cnc4cc(CC#N)c(=O)[nH]c4n3)CC2)cn1. The number of pyridine rings is 2. The van der Waals surface area contributed by atoms with Gasteiger partial charge in [0.25, 0.3) is 11.5 Å². The van der Waals surface area contributed by atoms with E-state index in [1.54, 1.807) is 31.6 Å². The molecule has 0 radical (unpaired) electrons. The fraction of sp³-hybridized carbons (Fsp3) is 0.333. The van der Waals surface area contributed by atoms with Gasteiger partial charge in [0.2, 0.25) is 0 Å². The van der Waals surface area contributed by atoms with Crippen LogP contribution in [0.25, 0.3) is 11.2 Å². The monoisotopic (exact) mass is 418 g/mol. The molecule has 1 aliphatic heterocycles. The van der Waals surface area contributed by atoms with Gasteiger partial charge in [0.05, 0.1) is 36.3 Å². The molecule has 1 amide bonds. The predicted octanol–water partition coefficient (Wildman–Crippen LogP) is 0.461. The van der Waals surface area contributed by atoms with Crippen LogP contribution in [-0.2, 0) is 13.0 Å². The number of nitrogens with one attached hydrogen (secondary N) is 2. The minimum Gasteiger partial charge on any atom is -0.368 e. The molecule has 0 spiro atoms. The number of carbonyl (C=O) groups excluding carboxylic acids is 1. The molecule has 10 heteroatoms. The Bertz CT molecular complexity index is 1190. The Morgan fingerprint density at radius 3 is 2.71 bits per heavy atom. The van der Waals surface area contributed by atoms with E-state index in [0.717, 1.165) is 37.6 Å². The number of fused-ring (bicyclic) bond motifs is 1. The highest BCUT2D eigenvalue weighted by Gasteiger charge is 2.19. The molecule has 0 bridgehead atoms. The number of piperazine rings is 1. The van der Waals surface area contributed by atoms with Crippen molar-refractivity contribution in [2.45, 2.75) is 13.0 Å². The molecule has 0 atom stereocenters. The van der Waals surface area contributed by atoms with Gasteiger partial charge in [-0.15, -0.1) is 0 Å². The van der Waals surface area contributed by atoms with Crippen molar-refractivity contribution in [3.05, 3.63) is 57.9 Å². The van der Waals surface area contributed by atoms with Gasteiger partial charge in [-0.3, -0.25) is 19.5 Å². The van der Waals surface area contributed by atoms with E-state index in [2.05, 4.69) is 35.1 Å². The first-order chi connectivity index (χ1) is 15.1. The zero-order valence-corrected chi connectivity index (χ0v) is 17.1. The van der Waals surface area contributed by atoms with Crippen LogP contribution in [0.5, 0.6) is 0 Å². The van der Waals surface area contributed by atoms with Gasteiger partial charge in [0, 0.05) is 45.3 Å². The summed E-state index contributed by atoms with van der Waals surface area (Å²) in [7, 11) is 1.58. The number of carbonyl (C=O) groups is 1. The van der Waals surface area contributed by atoms with Crippen LogP contribution in [0.4, 0.5) is 5.69 Å². The summed E-state index contributed by atoms with van der Waals surface area (Å²) < 4.78 is 0. The topological polar surface area (TPSA) is 131 Å². The molecule has 1 fully saturated rings. The highest BCUT2D eigenvalue weighted by atomic mass is 16.1. The first-order valence-corrected chi connectivity index (χ1v) is 9.97. The van der Waals surface area contributed by atoms with Crippen molar-refractivity contribution in [3.8, 4) is 6.07 Å². The van der Waals surface area contributed by atoms with Crippen LogP contribution >= 0.6 is 0 Å². The van der Waals surface area contributed by atoms with E-state index in [0.29, 0.717) is 29.0 Å². The van der Waals surface area contributed by atoms with E-state index in [9.17, 15) is 9.59 Å². The molecule has 4 heterocycles. The molecular formula is C21H22N8O2. The van der Waals surface area contributed by atoms with Gasteiger partial charge >= 0.3 is 0 Å². The van der Waals surface area contributed by atoms with Crippen LogP contribution in [-0.4, -0.2) is 64.0 Å². The maximum atomic E-state index is 12.1. The number of hydrogen-bond donors (Lipinski definition) is 2. The molecule has 158 valence electrons. The Morgan fingerprint density at radius 2 is 2.03 bits per heavy atom. The lowest BCUT2D eigenvalue weighted by atomic mass is 10.2. The zero-order valence-electron chi connectivity index (χ0n) is 17.1. The van der Waals surface area contributed by atoms with Crippen molar-refractivity contribution >= 4 is 22.8 Å². The van der Waals surface area contributed by atoms with Crippen molar-refractivity contribution in [1.82, 2.24) is 30.2 Å². The van der Waals surface area contributed by atoms with Gasteiger partial charge in [0.1, 0.15) is 11.2 Å². The summed E-state index contributed by atoms with van der Waals surface area (Å²) in [5.41, 5.74) is 3.27. The smallest absolute Gasteiger partial charge is 0.269 e. The Labute approximate surface area is 178 Å². The lowest BCUT2D eigenvalue weighted by Gasteiger charge is -2.35. The van der Waals surface area contributed by atoms with E-state index in [4.69, 9.17) is 5.26 Å². The van der Waals surface area contributed by atoms with E-state index >= 15 is 0 Å². The number of aromatic nitrogens is 4. The van der Waals surface area contributed by atoms with Crippen LogP contribution in [0, 0.1) is 11.3 Å². The molecule has 2 N–H and O–H groups in total. The lowest BCUT2D eigenvalue weighted by molar-refractivity contribution is 0.0958. The highest BCUT2D eigenvalue weighted by molar-refractivity contribution is 5.92. The molecule has 0 saturated carbocycles. The summed E-state index contributed by atoms with van der Waals surface area (Å²) in [5, 5.41) is 11.4. The Morgan fingerprint density at radius 1 is 1.23 bits per heavy atom. The van der Waals surface area contributed by atoms with Crippen LogP contribution in [0.1, 0.15) is 21.7 Å². The molecule has 1 aliphatic rings. The number of nitrogens with zero attached hydrogens (tertiary/aromatic N) is 6. The number of nitriles is 1. The largest absolute Gasteiger partial charge is 0.368 e. The fourth-order valence-electron chi connectivity index (χ4n) is 3.57. The average molecular weight is 418 g/mol. The van der Waals surface area contributed by atoms with E-state index in [-0.39, 0.29) is 17.9 Å². The van der Waals surface area contributed by atoms with Crippen molar-refractivity contribution in [2.24, 2.45) is 0 Å². The molecule has 3 aromatic heterocycles. The van der Waals surface area contributed by atoms with E-state index < -0.39 is 0 Å². The standard InChI is InChI=1S/C21H22N8O2/c1-23-21(31)17-3-2-16(12-25-17)29-8-6-28(7-9-29)13-15-11-24-18-10-14(4-5-22)20(30)27-19(18)26-15/h2-3,10-12H,4,6-9,13H2,1H3,(H,23,31)(H,26,27,30). The van der Waals surface area contributed by atoms with Crippen molar-refractivity contribution in [1.29, 1.82) is 5.26 Å². The molecule has 1 saturated heterocycles. The van der Waals surface area contributed by atoms with Gasteiger partial charge < -0.3 is 15.2 Å². The molecule has 10 nitrogen and oxygen atoms in total. The maximum absolute atomic E-state index is 12.1. The normalized spacial score (nSPS) is 14.4. The summed E-state index contributed by atoms with van der Waals surface area (Å²) in [4.78, 5) is 44.1. The number of H-pyrrole nitrogens is 1. The minimum absolute atomic E-state index is 0.0447. The average Bonchev–Trinajstić information content (AvgIpc) is 2.80. The summed E-state index contributed by atoms with van der Waals surface area (Å²) in [6.45, 7) is 3.97. The number of rotatable bonds is 5. The number of hydrogen-bond acceptors (Lipinski definition) is 8. The van der Waals surface area contributed by atoms with Crippen molar-refractivity contribution in [3.63, 3.8) is 0 Å². The Kier molecular flexibility index (Phi) is 5.86. The van der Waals surface area contributed by atoms with E-state index in [1.807, 2.05) is 12.1 Å². The fourth-order valence-corrected chi connectivity index (χ4v) is 3.57. The minimum atomic E-state index is -0.301. The van der Waals surface area contributed by atoms with Gasteiger partial charge in [-0.1, -0.05) is 0 Å². The van der Waals surface area contributed by atoms with Crippen LogP contribution in [0.15, 0.2) is 35.4 Å². The van der Waals surface area contributed by atoms with Gasteiger partial charge in [-0.25, -0.2) is 9.97 Å². The maximum Gasteiger partial charge on any atom is 0.269 e. The third-order valence-corrected chi connectivity index (χ3v) is 5.29. The van der Waals surface area contributed by atoms with Crippen LogP contribution in [0.2, 0.25) is 0 Å². The molecular weight excluding hydrogens is 396 g/mol. The quantitative estimate of drug-likeness (QED) is 0.611. The Balaban J connectivity index is 1.39. The van der Waals surface area contributed by atoms with Crippen LogP contribution < -0.4 is 15.8 Å². The summed E-state index contributed by atoms with van der Waals surface area (Å²) in [5.74, 6) is -0.199. The molecule has 0 aliphatic carbocycles. The molecule has 0 aromatic carbocycles. The van der Waals surface area contributed by atoms with E-state index in [1.165, 1.54) is 0 Å². The first kappa shape index (κ1) is 20.4. The Hall–Kier alpha value is -3.84. The first-order valence-electron chi connectivity index (χ1n) is 9.97. The van der Waals surface area contributed by atoms with Crippen molar-refractivity contribution < 1.29 is 4.79 Å². The zero-order chi connectivity index (χ0) is 21.8. The highest BCUT2D eigenvalue weighted by Crippen LogP contribution is 2.17. The second-order valence-corrected chi connectivity index (χ2v) is 7.30. The molecule has 0 unspecified atom stereocenters. The van der Waals surface area contributed by atoms with Gasteiger partial charge in [0.15, 0.2) is 5.65 Å². The van der Waals surface area contributed by atoms with Crippen molar-refractivity contribution in [2.75, 3.05) is 38.1 Å². The van der Waals surface area contributed by atoms with Gasteiger partial charge in [-0.05, 0) is 18.2 Å². The second-order valence-electron chi connectivity index (χ2n) is 7.30. The third kappa shape index (κ3) is 4.51. The number of aromatic amines is 1. The molecule has 31 heavy (non-hydrogen) atoms. The third-order valence-electron chi connectivity index (χ3n) is 5.29. The summed E-state index contributed by atoms with van der Waals surface area (Å²) in [6.07, 6.45) is 3.49. The van der Waals surface area contributed by atoms with Crippen LogP contribution in [0.3, 0.4) is 0 Å².